The smallest absolute Gasteiger partial charge is 0.248 e. The highest BCUT2D eigenvalue weighted by molar-refractivity contribution is 7.79. The van der Waals surface area contributed by atoms with Crippen LogP contribution >= 0.6 is 0 Å². The van der Waals surface area contributed by atoms with Crippen molar-refractivity contribution in [3.63, 3.8) is 0 Å². The predicted molar refractivity (Wildman–Crippen MR) is 42.5 cm³/mol. The zero-order valence-corrected chi connectivity index (χ0v) is 7.45. The standard InChI is InChI=1S/C7H12F2O2S/c8-7(9)3-1-2-6(4-7)5-12(10)11/h6H,1-5H2,(H,10,11). The number of alkyl halides is 2. The molecule has 0 saturated heterocycles. The van der Waals surface area contributed by atoms with E-state index in [1.165, 1.54) is 0 Å². The summed E-state index contributed by atoms with van der Waals surface area (Å²) in [7, 11) is 0. The topological polar surface area (TPSA) is 37.3 Å². The van der Waals surface area contributed by atoms with Crippen LogP contribution in [0.3, 0.4) is 0 Å². The summed E-state index contributed by atoms with van der Waals surface area (Å²) in [5.41, 5.74) is 0. The van der Waals surface area contributed by atoms with Crippen LogP contribution in [0.2, 0.25) is 0 Å². The second-order valence-electron chi connectivity index (χ2n) is 3.31. The highest BCUT2D eigenvalue weighted by Crippen LogP contribution is 2.36. The van der Waals surface area contributed by atoms with Crippen molar-refractivity contribution >= 4 is 11.1 Å². The minimum absolute atomic E-state index is 0.00438. The van der Waals surface area contributed by atoms with Gasteiger partial charge in [0.15, 0.2) is 11.1 Å². The fourth-order valence-electron chi connectivity index (χ4n) is 1.62. The molecule has 2 unspecified atom stereocenters. The molecule has 0 spiro atoms. The summed E-state index contributed by atoms with van der Waals surface area (Å²) in [6.07, 6.45) is 0.831. The third-order valence-corrected chi connectivity index (χ3v) is 2.88. The van der Waals surface area contributed by atoms with Crippen LogP contribution in [0.4, 0.5) is 8.78 Å². The number of hydrogen-bond donors (Lipinski definition) is 1. The first-order valence-corrected chi connectivity index (χ1v) is 5.22. The van der Waals surface area contributed by atoms with Gasteiger partial charge in [0.1, 0.15) is 0 Å². The van der Waals surface area contributed by atoms with Gasteiger partial charge in [0.2, 0.25) is 5.92 Å². The predicted octanol–water partition coefficient (Wildman–Crippen LogP) is 2.03. The van der Waals surface area contributed by atoms with E-state index in [0.29, 0.717) is 12.8 Å². The van der Waals surface area contributed by atoms with Crippen molar-refractivity contribution in [2.75, 3.05) is 5.75 Å². The molecule has 0 aromatic heterocycles. The van der Waals surface area contributed by atoms with Crippen molar-refractivity contribution in [3.05, 3.63) is 0 Å². The van der Waals surface area contributed by atoms with Crippen molar-refractivity contribution in [2.45, 2.75) is 31.6 Å². The van der Waals surface area contributed by atoms with Gasteiger partial charge >= 0.3 is 0 Å². The van der Waals surface area contributed by atoms with Crippen LogP contribution in [0.5, 0.6) is 0 Å². The van der Waals surface area contributed by atoms with Gasteiger partial charge < -0.3 is 4.55 Å². The van der Waals surface area contributed by atoms with Crippen molar-refractivity contribution in [1.29, 1.82) is 0 Å². The molecule has 1 N–H and O–H groups in total. The van der Waals surface area contributed by atoms with E-state index in [1.807, 2.05) is 0 Å². The highest BCUT2D eigenvalue weighted by Gasteiger charge is 2.36. The molecule has 2 nitrogen and oxygen atoms in total. The van der Waals surface area contributed by atoms with Gasteiger partial charge in [0.25, 0.3) is 0 Å². The normalized spacial score (nSPS) is 31.4. The lowest BCUT2D eigenvalue weighted by molar-refractivity contribution is -0.0489. The van der Waals surface area contributed by atoms with Crippen LogP contribution in [0.15, 0.2) is 0 Å². The lowest BCUT2D eigenvalue weighted by Gasteiger charge is -2.27. The summed E-state index contributed by atoms with van der Waals surface area (Å²) in [6, 6.07) is 0. The summed E-state index contributed by atoms with van der Waals surface area (Å²) in [5, 5.41) is 0. The van der Waals surface area contributed by atoms with Gasteiger partial charge in [-0.15, -0.1) is 0 Å². The minimum Gasteiger partial charge on any atom is -0.306 e. The Kier molecular flexibility index (Phi) is 3.17. The Morgan fingerprint density at radius 3 is 2.75 bits per heavy atom. The Morgan fingerprint density at radius 1 is 1.58 bits per heavy atom. The van der Waals surface area contributed by atoms with Gasteiger partial charge in [0, 0.05) is 12.8 Å². The van der Waals surface area contributed by atoms with E-state index in [2.05, 4.69) is 0 Å². The quantitative estimate of drug-likeness (QED) is 0.689. The molecular formula is C7H12F2O2S. The summed E-state index contributed by atoms with van der Waals surface area (Å²) in [4.78, 5) is 0. The zero-order chi connectivity index (χ0) is 9.19. The summed E-state index contributed by atoms with van der Waals surface area (Å²) >= 11 is -1.93. The summed E-state index contributed by atoms with van der Waals surface area (Å²) in [5.74, 6) is -2.89. The SMILES string of the molecule is O=S(O)CC1CCCC(F)(F)C1. The number of hydrogen-bond acceptors (Lipinski definition) is 1. The van der Waals surface area contributed by atoms with Crippen LogP contribution < -0.4 is 0 Å². The van der Waals surface area contributed by atoms with E-state index in [-0.39, 0.29) is 24.5 Å². The Balaban J connectivity index is 2.41. The van der Waals surface area contributed by atoms with Gasteiger partial charge in [-0.25, -0.2) is 13.0 Å². The summed E-state index contributed by atoms with van der Waals surface area (Å²) < 4.78 is 44.3. The van der Waals surface area contributed by atoms with Crippen molar-refractivity contribution in [2.24, 2.45) is 5.92 Å². The largest absolute Gasteiger partial charge is 0.306 e. The molecule has 2 atom stereocenters. The third kappa shape index (κ3) is 3.15. The lowest BCUT2D eigenvalue weighted by atomic mass is 9.88. The molecule has 12 heavy (non-hydrogen) atoms. The van der Waals surface area contributed by atoms with Crippen LogP contribution in [0.25, 0.3) is 0 Å². The van der Waals surface area contributed by atoms with Crippen LogP contribution in [-0.4, -0.2) is 20.4 Å². The van der Waals surface area contributed by atoms with Crippen molar-refractivity contribution in [3.8, 4) is 0 Å². The fourth-order valence-corrected chi connectivity index (χ4v) is 2.31. The van der Waals surface area contributed by atoms with Crippen LogP contribution in [-0.2, 0) is 11.1 Å². The molecule has 0 heterocycles. The molecule has 0 radical (unpaired) electrons. The average molecular weight is 198 g/mol. The molecule has 72 valence electrons. The molecule has 1 saturated carbocycles. The maximum absolute atomic E-state index is 12.7. The second kappa shape index (κ2) is 3.79. The minimum atomic E-state index is -2.61. The first kappa shape index (κ1) is 10.1. The maximum Gasteiger partial charge on any atom is 0.248 e. The third-order valence-electron chi connectivity index (χ3n) is 2.12. The molecule has 0 aliphatic heterocycles. The monoisotopic (exact) mass is 198 g/mol. The number of rotatable bonds is 2. The summed E-state index contributed by atoms with van der Waals surface area (Å²) in [6.45, 7) is 0. The highest BCUT2D eigenvalue weighted by atomic mass is 32.2. The molecule has 0 amide bonds. The molecule has 0 aromatic carbocycles. The molecule has 1 rings (SSSR count). The van der Waals surface area contributed by atoms with Gasteiger partial charge in [0.05, 0.1) is 5.75 Å². The Bertz CT molecular complexity index is 184. The van der Waals surface area contributed by atoms with E-state index in [0.717, 1.165) is 0 Å². The Hall–Kier alpha value is -0.0300. The second-order valence-corrected chi connectivity index (χ2v) is 4.28. The van der Waals surface area contributed by atoms with Crippen molar-refractivity contribution in [1.82, 2.24) is 0 Å². The average Bonchev–Trinajstić information content (AvgIpc) is 1.82. The van der Waals surface area contributed by atoms with Crippen LogP contribution in [0.1, 0.15) is 25.7 Å². The van der Waals surface area contributed by atoms with Gasteiger partial charge in [-0.2, -0.15) is 0 Å². The van der Waals surface area contributed by atoms with E-state index >= 15 is 0 Å². The molecule has 0 aromatic rings. The maximum atomic E-state index is 12.7. The van der Waals surface area contributed by atoms with Crippen LogP contribution in [0, 0.1) is 5.92 Å². The fraction of sp³-hybridized carbons (Fsp3) is 1.00. The van der Waals surface area contributed by atoms with Gasteiger partial charge in [-0.1, -0.05) is 0 Å². The molecular weight excluding hydrogens is 186 g/mol. The lowest BCUT2D eigenvalue weighted by Crippen LogP contribution is -2.28. The van der Waals surface area contributed by atoms with Gasteiger partial charge in [-0.05, 0) is 18.8 Å². The van der Waals surface area contributed by atoms with E-state index in [4.69, 9.17) is 4.55 Å². The molecule has 1 aliphatic rings. The van der Waals surface area contributed by atoms with Crippen molar-refractivity contribution < 1.29 is 17.5 Å². The van der Waals surface area contributed by atoms with Gasteiger partial charge in [-0.3, -0.25) is 0 Å². The molecule has 1 fully saturated rings. The van der Waals surface area contributed by atoms with E-state index in [9.17, 15) is 13.0 Å². The Labute approximate surface area is 72.6 Å². The molecule has 1 aliphatic carbocycles. The van der Waals surface area contributed by atoms with E-state index in [1.54, 1.807) is 0 Å². The van der Waals surface area contributed by atoms with E-state index < -0.39 is 17.0 Å². The first-order valence-electron chi connectivity index (χ1n) is 3.95. The zero-order valence-electron chi connectivity index (χ0n) is 6.63. The number of halogens is 2. The molecule has 5 heteroatoms. The molecule has 0 bridgehead atoms. The first-order chi connectivity index (χ1) is 5.49. The Morgan fingerprint density at radius 2 is 2.25 bits per heavy atom.